The van der Waals surface area contributed by atoms with Gasteiger partial charge in [0, 0.05) is 11.0 Å². The van der Waals surface area contributed by atoms with Gasteiger partial charge in [-0.2, -0.15) is 0 Å². The zero-order valence-corrected chi connectivity index (χ0v) is 13.2. The first kappa shape index (κ1) is 14.2. The van der Waals surface area contributed by atoms with Crippen LogP contribution in [-0.4, -0.2) is 16.8 Å². The molecular formula is C16H18N2O2S. The van der Waals surface area contributed by atoms with Gasteiger partial charge in [0.2, 0.25) is 5.91 Å². The number of hydrogen-bond donors (Lipinski definition) is 0. The van der Waals surface area contributed by atoms with Gasteiger partial charge in [0.15, 0.2) is 5.76 Å². The summed E-state index contributed by atoms with van der Waals surface area (Å²) in [6.45, 7) is 6.65. The van der Waals surface area contributed by atoms with Crippen molar-refractivity contribution >= 4 is 23.4 Å². The molecule has 0 unspecified atom stereocenters. The van der Waals surface area contributed by atoms with Crippen molar-refractivity contribution in [2.24, 2.45) is 0 Å². The molecule has 0 aliphatic carbocycles. The van der Waals surface area contributed by atoms with Crippen LogP contribution < -0.4 is 4.90 Å². The van der Waals surface area contributed by atoms with Crippen molar-refractivity contribution in [3.05, 3.63) is 41.3 Å². The molecule has 0 bridgehead atoms. The molecule has 4 nitrogen and oxygen atoms in total. The number of anilines is 1. The Labute approximate surface area is 128 Å². The third kappa shape index (κ3) is 2.83. The van der Waals surface area contributed by atoms with Crippen LogP contribution in [0.1, 0.15) is 36.8 Å². The van der Waals surface area contributed by atoms with Gasteiger partial charge in [-0.1, -0.05) is 25.1 Å². The average Bonchev–Trinajstić information content (AvgIpc) is 2.91. The van der Waals surface area contributed by atoms with Crippen molar-refractivity contribution in [3.8, 4) is 0 Å². The largest absolute Gasteiger partial charge is 0.359 e. The number of thioether (sulfide) groups is 1. The average molecular weight is 302 g/mol. The van der Waals surface area contributed by atoms with Gasteiger partial charge >= 0.3 is 0 Å². The summed E-state index contributed by atoms with van der Waals surface area (Å²) in [6.07, 6.45) is 0. The van der Waals surface area contributed by atoms with E-state index in [2.05, 4.69) is 32.0 Å². The van der Waals surface area contributed by atoms with Crippen molar-refractivity contribution in [1.82, 2.24) is 5.16 Å². The molecule has 1 aromatic heterocycles. The van der Waals surface area contributed by atoms with E-state index >= 15 is 0 Å². The molecule has 110 valence electrons. The van der Waals surface area contributed by atoms with E-state index in [-0.39, 0.29) is 5.91 Å². The van der Waals surface area contributed by atoms with E-state index in [1.54, 1.807) is 16.7 Å². The van der Waals surface area contributed by atoms with Crippen LogP contribution in [0.4, 0.5) is 5.69 Å². The number of nitrogens with zero attached hydrogens (tertiary/aromatic N) is 2. The molecular weight excluding hydrogens is 284 g/mol. The molecule has 0 fully saturated rings. The van der Waals surface area contributed by atoms with E-state index in [0.29, 0.717) is 18.2 Å². The summed E-state index contributed by atoms with van der Waals surface area (Å²) in [6, 6.07) is 8.10. The van der Waals surface area contributed by atoms with E-state index in [4.69, 9.17) is 4.52 Å². The Morgan fingerprint density at radius 3 is 2.90 bits per heavy atom. The lowest BCUT2D eigenvalue weighted by Gasteiger charge is -2.28. The predicted molar refractivity (Wildman–Crippen MR) is 83.7 cm³/mol. The maximum Gasteiger partial charge on any atom is 0.237 e. The van der Waals surface area contributed by atoms with Gasteiger partial charge in [0.1, 0.15) is 0 Å². The number of fused-ring (bicyclic) bond motifs is 1. The Bertz CT molecular complexity index is 679. The minimum absolute atomic E-state index is 0.110. The monoisotopic (exact) mass is 302 g/mol. The van der Waals surface area contributed by atoms with Crippen LogP contribution in [0.5, 0.6) is 0 Å². The van der Waals surface area contributed by atoms with E-state index in [0.717, 1.165) is 22.0 Å². The molecule has 0 spiro atoms. The fourth-order valence-electron chi connectivity index (χ4n) is 2.32. The molecule has 5 heteroatoms. The molecule has 2 aromatic rings. The van der Waals surface area contributed by atoms with Gasteiger partial charge in [-0.05, 0) is 30.5 Å². The van der Waals surface area contributed by atoms with Crippen molar-refractivity contribution in [3.63, 3.8) is 0 Å². The highest BCUT2D eigenvalue weighted by Crippen LogP contribution is 2.36. The first-order chi connectivity index (χ1) is 10.0. The highest BCUT2D eigenvalue weighted by molar-refractivity contribution is 8.00. The van der Waals surface area contributed by atoms with Crippen LogP contribution in [0, 0.1) is 6.92 Å². The number of amides is 1. The van der Waals surface area contributed by atoms with Gasteiger partial charge in [-0.3, -0.25) is 4.79 Å². The second kappa shape index (κ2) is 5.56. The van der Waals surface area contributed by atoms with Crippen LogP contribution >= 0.6 is 11.8 Å². The Hall–Kier alpha value is -1.75. The number of benzene rings is 1. The summed E-state index contributed by atoms with van der Waals surface area (Å²) < 4.78 is 5.37. The van der Waals surface area contributed by atoms with Crippen molar-refractivity contribution in [2.75, 3.05) is 10.7 Å². The number of carbonyl (C=O) groups excluding carboxylic acids is 1. The summed E-state index contributed by atoms with van der Waals surface area (Å²) >= 11 is 1.60. The van der Waals surface area contributed by atoms with Gasteiger partial charge < -0.3 is 9.42 Å². The summed E-state index contributed by atoms with van der Waals surface area (Å²) in [4.78, 5) is 15.2. The number of aromatic nitrogens is 1. The normalized spacial score (nSPS) is 14.7. The first-order valence-electron chi connectivity index (χ1n) is 7.04. The Balaban J connectivity index is 1.89. The molecule has 0 saturated heterocycles. The number of aryl methyl sites for hydroxylation is 1. The molecule has 1 aliphatic rings. The smallest absolute Gasteiger partial charge is 0.237 e. The first-order valence-corrected chi connectivity index (χ1v) is 8.02. The lowest BCUT2D eigenvalue weighted by molar-refractivity contribution is -0.116. The predicted octanol–water partition coefficient (Wildman–Crippen LogP) is 3.75. The summed E-state index contributed by atoms with van der Waals surface area (Å²) in [5.41, 5.74) is 3.09. The standard InChI is InChI=1S/C16H18N2O2S/c1-10(2)13-7-12(20-17-13)8-18-14-5-4-11(3)6-15(14)21-9-16(18)19/h4-7,10H,8-9H2,1-3H3. The zero-order chi connectivity index (χ0) is 15.0. The minimum Gasteiger partial charge on any atom is -0.359 e. The Morgan fingerprint density at radius 1 is 1.38 bits per heavy atom. The van der Waals surface area contributed by atoms with E-state index in [1.165, 1.54) is 5.56 Å². The maximum absolute atomic E-state index is 12.2. The third-order valence-corrected chi connectivity index (χ3v) is 4.57. The SMILES string of the molecule is Cc1ccc2c(c1)SCC(=O)N2Cc1cc(C(C)C)no1. The summed E-state index contributed by atoms with van der Waals surface area (Å²) in [7, 11) is 0. The van der Waals surface area contributed by atoms with Crippen LogP contribution in [0.25, 0.3) is 0 Å². The molecule has 0 N–H and O–H groups in total. The second-order valence-corrected chi connectivity index (χ2v) is 6.63. The van der Waals surface area contributed by atoms with Gasteiger partial charge in [-0.15, -0.1) is 11.8 Å². The van der Waals surface area contributed by atoms with E-state index in [9.17, 15) is 4.79 Å². The van der Waals surface area contributed by atoms with Crippen LogP contribution in [0.3, 0.4) is 0 Å². The molecule has 0 saturated carbocycles. The Kier molecular flexibility index (Phi) is 3.76. The second-order valence-electron chi connectivity index (χ2n) is 5.61. The summed E-state index contributed by atoms with van der Waals surface area (Å²) in [5.74, 6) is 1.64. The third-order valence-electron chi connectivity index (χ3n) is 3.54. The molecule has 1 aromatic carbocycles. The molecule has 3 rings (SSSR count). The molecule has 2 heterocycles. The van der Waals surface area contributed by atoms with Crippen LogP contribution in [0.15, 0.2) is 33.7 Å². The quantitative estimate of drug-likeness (QED) is 0.866. The number of hydrogen-bond acceptors (Lipinski definition) is 4. The highest BCUT2D eigenvalue weighted by atomic mass is 32.2. The highest BCUT2D eigenvalue weighted by Gasteiger charge is 2.26. The number of carbonyl (C=O) groups is 1. The van der Waals surface area contributed by atoms with Gasteiger partial charge in [-0.25, -0.2) is 0 Å². The lowest BCUT2D eigenvalue weighted by atomic mass is 10.1. The molecule has 21 heavy (non-hydrogen) atoms. The topological polar surface area (TPSA) is 46.3 Å². The van der Waals surface area contributed by atoms with Crippen molar-refractivity contribution in [2.45, 2.75) is 38.1 Å². The van der Waals surface area contributed by atoms with Crippen molar-refractivity contribution in [1.29, 1.82) is 0 Å². The molecule has 0 atom stereocenters. The fourth-order valence-corrected chi connectivity index (χ4v) is 3.35. The van der Waals surface area contributed by atoms with E-state index in [1.807, 2.05) is 18.2 Å². The fraction of sp³-hybridized carbons (Fsp3) is 0.375. The van der Waals surface area contributed by atoms with Crippen LogP contribution in [-0.2, 0) is 11.3 Å². The Morgan fingerprint density at radius 2 is 2.19 bits per heavy atom. The number of rotatable bonds is 3. The summed E-state index contributed by atoms with van der Waals surface area (Å²) in [5, 5.41) is 4.06. The van der Waals surface area contributed by atoms with E-state index < -0.39 is 0 Å². The molecule has 1 amide bonds. The van der Waals surface area contributed by atoms with Crippen LogP contribution in [0.2, 0.25) is 0 Å². The zero-order valence-electron chi connectivity index (χ0n) is 12.4. The molecule has 0 radical (unpaired) electrons. The van der Waals surface area contributed by atoms with Gasteiger partial charge in [0.25, 0.3) is 0 Å². The molecule has 1 aliphatic heterocycles. The lowest BCUT2D eigenvalue weighted by Crippen LogP contribution is -2.34. The maximum atomic E-state index is 12.2. The van der Waals surface area contributed by atoms with Crippen molar-refractivity contribution < 1.29 is 9.32 Å². The minimum atomic E-state index is 0.110. The van der Waals surface area contributed by atoms with Gasteiger partial charge in [0.05, 0.1) is 23.7 Å².